The third-order valence-electron chi connectivity index (χ3n) is 6.43. The van der Waals surface area contributed by atoms with Gasteiger partial charge in [0, 0.05) is 13.3 Å². The lowest BCUT2D eigenvalue weighted by atomic mass is 10.00. The lowest BCUT2D eigenvalue weighted by Gasteiger charge is -2.46. The highest BCUT2D eigenvalue weighted by atomic mass is 28.4. The number of rotatable bonds is 6. The number of carbonyl (C=O) groups is 1. The molecule has 1 heterocycles. The lowest BCUT2D eigenvalue weighted by molar-refractivity contribution is -0.194. The Hall–Kier alpha value is -1.99. The second-order valence-electron chi connectivity index (χ2n) is 9.91. The molecule has 1 N–H and O–H groups in total. The number of hydrogen-bond donors (Lipinski definition) is 1. The Labute approximate surface area is 199 Å². The van der Waals surface area contributed by atoms with Crippen LogP contribution in [0.5, 0.6) is 0 Å². The zero-order chi connectivity index (χ0) is 24.1. The van der Waals surface area contributed by atoms with E-state index in [1.54, 1.807) is 0 Å². The van der Waals surface area contributed by atoms with Crippen molar-refractivity contribution < 1.29 is 23.8 Å². The maximum atomic E-state index is 11.7. The summed E-state index contributed by atoms with van der Waals surface area (Å²) in [6, 6.07) is 20.8. The molecule has 0 spiro atoms. The van der Waals surface area contributed by atoms with Crippen molar-refractivity contribution in [3.63, 3.8) is 0 Å². The minimum atomic E-state index is -2.85. The Bertz CT molecular complexity index is 841. The maximum Gasteiger partial charge on any atom is 0.302 e. The molecule has 6 heteroatoms. The molecular weight excluding hydrogens is 432 g/mol. The van der Waals surface area contributed by atoms with Crippen LogP contribution in [0.2, 0.25) is 5.04 Å². The van der Waals surface area contributed by atoms with Gasteiger partial charge in [0.05, 0.1) is 12.2 Å². The summed E-state index contributed by atoms with van der Waals surface area (Å²) in [6.07, 6.45) is 0.294. The van der Waals surface area contributed by atoms with E-state index in [9.17, 15) is 9.90 Å². The summed E-state index contributed by atoms with van der Waals surface area (Å²) in [4.78, 5) is 11.7. The number of benzene rings is 2. The number of aliphatic hydroxyl groups excluding tert-OH is 1. The van der Waals surface area contributed by atoms with E-state index in [1.165, 1.54) is 6.92 Å². The average Bonchev–Trinajstić information content (AvgIpc) is 2.77. The average molecular weight is 471 g/mol. The molecule has 2 aromatic rings. The first-order chi connectivity index (χ1) is 15.7. The van der Waals surface area contributed by atoms with Crippen LogP contribution in [0.25, 0.3) is 0 Å². The van der Waals surface area contributed by atoms with Crippen molar-refractivity contribution in [2.24, 2.45) is 0 Å². The Morgan fingerprint density at radius 3 is 2.03 bits per heavy atom. The largest absolute Gasteiger partial charge is 0.460 e. The summed E-state index contributed by atoms with van der Waals surface area (Å²) in [5.41, 5.74) is 0. The molecule has 4 atom stereocenters. The van der Waals surface area contributed by atoms with Crippen LogP contribution in [0, 0.1) is 0 Å². The molecule has 0 aliphatic carbocycles. The van der Waals surface area contributed by atoms with Gasteiger partial charge in [0.15, 0.2) is 6.29 Å². The van der Waals surface area contributed by atoms with E-state index < -0.39 is 26.8 Å². The van der Waals surface area contributed by atoms with Gasteiger partial charge in [-0.3, -0.25) is 4.79 Å². The molecule has 180 valence electrons. The molecule has 0 bridgehead atoms. The summed E-state index contributed by atoms with van der Waals surface area (Å²) < 4.78 is 19.2. The standard InChI is InChI=1S/C27H38O5Si/c1-6-24-25(30-20(2)28)18-17-21(29)19-26(31-24)32-33(27(3,4)5,22-13-9-7-10-14-22)23-15-11-8-12-16-23/h7-16,21,24-26,29H,6,17-19H2,1-5H3/t21?,24-,25-,26+/m1/s1. The smallest absolute Gasteiger partial charge is 0.302 e. The highest BCUT2D eigenvalue weighted by Gasteiger charge is 2.52. The van der Waals surface area contributed by atoms with Gasteiger partial charge in [-0.15, -0.1) is 0 Å². The fourth-order valence-electron chi connectivity index (χ4n) is 4.89. The number of carbonyl (C=O) groups excluding carboxylic acids is 1. The summed E-state index contributed by atoms with van der Waals surface area (Å²) in [7, 11) is -2.85. The van der Waals surface area contributed by atoms with Gasteiger partial charge in [-0.2, -0.15) is 0 Å². The van der Waals surface area contributed by atoms with E-state index in [0.717, 1.165) is 10.4 Å². The Kier molecular flexibility index (Phi) is 8.51. The second-order valence-corrected chi connectivity index (χ2v) is 14.2. The predicted octanol–water partition coefficient (Wildman–Crippen LogP) is 4.16. The molecule has 1 saturated heterocycles. The minimum absolute atomic E-state index is 0.205. The summed E-state index contributed by atoms with van der Waals surface area (Å²) in [5, 5.41) is 12.9. The maximum absolute atomic E-state index is 11.7. The van der Waals surface area contributed by atoms with Gasteiger partial charge >= 0.3 is 5.97 Å². The van der Waals surface area contributed by atoms with Crippen LogP contribution in [-0.4, -0.2) is 44.0 Å². The third kappa shape index (κ3) is 5.93. The lowest BCUT2D eigenvalue weighted by Crippen LogP contribution is -2.68. The molecule has 0 saturated carbocycles. The van der Waals surface area contributed by atoms with E-state index in [-0.39, 0.29) is 17.1 Å². The molecule has 2 aromatic carbocycles. The SMILES string of the molecule is CC[C@H]1O[C@@H](O[Si](c2ccccc2)(c2ccccc2)C(C)(C)C)CC(O)CC[C@H]1OC(C)=O. The zero-order valence-electron chi connectivity index (χ0n) is 20.5. The van der Waals surface area contributed by atoms with E-state index in [4.69, 9.17) is 13.9 Å². The van der Waals surface area contributed by atoms with Gasteiger partial charge in [-0.25, -0.2) is 0 Å². The molecule has 0 aromatic heterocycles. The topological polar surface area (TPSA) is 65.0 Å². The van der Waals surface area contributed by atoms with Crippen molar-refractivity contribution >= 4 is 24.7 Å². The van der Waals surface area contributed by atoms with Crippen molar-refractivity contribution in [2.45, 2.75) is 89.9 Å². The fraction of sp³-hybridized carbons (Fsp3) is 0.519. The highest BCUT2D eigenvalue weighted by molar-refractivity contribution is 6.99. The monoisotopic (exact) mass is 470 g/mol. The van der Waals surface area contributed by atoms with Gasteiger partial charge in [-0.05, 0) is 34.7 Å². The van der Waals surface area contributed by atoms with Crippen molar-refractivity contribution in [3.05, 3.63) is 60.7 Å². The highest BCUT2D eigenvalue weighted by Crippen LogP contribution is 2.39. The molecule has 1 unspecified atom stereocenters. The van der Waals surface area contributed by atoms with E-state index in [2.05, 4.69) is 69.3 Å². The van der Waals surface area contributed by atoms with Crippen LogP contribution in [0.3, 0.4) is 0 Å². The van der Waals surface area contributed by atoms with E-state index >= 15 is 0 Å². The van der Waals surface area contributed by atoms with Crippen molar-refractivity contribution in [1.29, 1.82) is 0 Å². The molecule has 1 aliphatic rings. The molecule has 1 fully saturated rings. The first-order valence-corrected chi connectivity index (χ1v) is 13.9. The van der Waals surface area contributed by atoms with Crippen molar-refractivity contribution in [1.82, 2.24) is 0 Å². The molecule has 0 amide bonds. The van der Waals surface area contributed by atoms with Gasteiger partial charge in [0.25, 0.3) is 8.32 Å². The summed E-state index contributed by atoms with van der Waals surface area (Å²) >= 11 is 0. The first-order valence-electron chi connectivity index (χ1n) is 12.0. The number of esters is 1. The number of aliphatic hydroxyl groups is 1. The summed E-state index contributed by atoms with van der Waals surface area (Å²) in [6.45, 7) is 10.1. The normalized spacial score (nSPS) is 24.5. The fourth-order valence-corrected chi connectivity index (χ4v) is 9.45. The van der Waals surface area contributed by atoms with Crippen molar-refractivity contribution in [3.8, 4) is 0 Å². The molecule has 0 radical (unpaired) electrons. The van der Waals surface area contributed by atoms with Gasteiger partial charge < -0.3 is 19.0 Å². The molecule has 3 rings (SSSR count). The first kappa shape index (κ1) is 25.6. The van der Waals surface area contributed by atoms with Crippen LogP contribution >= 0.6 is 0 Å². The second kappa shape index (κ2) is 11.0. The van der Waals surface area contributed by atoms with Gasteiger partial charge in [0.2, 0.25) is 0 Å². The molecule has 5 nitrogen and oxygen atoms in total. The Morgan fingerprint density at radius 2 is 1.58 bits per heavy atom. The van der Waals surface area contributed by atoms with Gasteiger partial charge in [-0.1, -0.05) is 88.4 Å². The van der Waals surface area contributed by atoms with Crippen LogP contribution < -0.4 is 10.4 Å². The minimum Gasteiger partial charge on any atom is -0.460 e. The quantitative estimate of drug-likeness (QED) is 0.507. The van der Waals surface area contributed by atoms with Crippen LogP contribution in [0.1, 0.15) is 60.3 Å². The van der Waals surface area contributed by atoms with E-state index in [0.29, 0.717) is 25.7 Å². The van der Waals surface area contributed by atoms with Crippen LogP contribution in [0.4, 0.5) is 0 Å². The third-order valence-corrected chi connectivity index (χ3v) is 11.5. The van der Waals surface area contributed by atoms with Crippen LogP contribution in [-0.2, 0) is 18.7 Å². The van der Waals surface area contributed by atoms with Gasteiger partial charge in [0.1, 0.15) is 6.10 Å². The zero-order valence-corrected chi connectivity index (χ0v) is 21.5. The molecular formula is C27H38O5Si. The van der Waals surface area contributed by atoms with Crippen LogP contribution in [0.15, 0.2) is 60.7 Å². The number of ether oxygens (including phenoxy) is 2. The summed E-state index contributed by atoms with van der Waals surface area (Å²) in [5.74, 6) is -0.332. The van der Waals surface area contributed by atoms with E-state index in [1.807, 2.05) is 19.1 Å². The molecule has 33 heavy (non-hydrogen) atoms. The van der Waals surface area contributed by atoms with Crippen molar-refractivity contribution in [2.75, 3.05) is 0 Å². The predicted molar refractivity (Wildman–Crippen MR) is 133 cm³/mol. The Balaban J connectivity index is 2.06. The Morgan fingerprint density at radius 1 is 1.03 bits per heavy atom. The molecule has 1 aliphatic heterocycles. The number of hydrogen-bond acceptors (Lipinski definition) is 5.